The first-order chi connectivity index (χ1) is 8.02. The molecule has 1 atom stereocenters. The van der Waals surface area contributed by atoms with Crippen LogP contribution in [0.4, 0.5) is 8.78 Å². The zero-order valence-corrected chi connectivity index (χ0v) is 10.1. The van der Waals surface area contributed by atoms with Crippen molar-refractivity contribution in [2.75, 3.05) is 7.05 Å². The van der Waals surface area contributed by atoms with Gasteiger partial charge in [0, 0.05) is 12.1 Å². The van der Waals surface area contributed by atoms with Crippen LogP contribution in [0.5, 0.6) is 0 Å². The Kier molecular flexibility index (Phi) is 3.15. The van der Waals surface area contributed by atoms with Gasteiger partial charge in [0.1, 0.15) is 23.0 Å². The van der Waals surface area contributed by atoms with E-state index in [1.807, 2.05) is 20.9 Å². The third-order valence-electron chi connectivity index (χ3n) is 2.85. The summed E-state index contributed by atoms with van der Waals surface area (Å²) in [6.07, 6.45) is 0. The summed E-state index contributed by atoms with van der Waals surface area (Å²) in [4.78, 5) is 0. The van der Waals surface area contributed by atoms with Crippen molar-refractivity contribution in [2.24, 2.45) is 5.92 Å². The molecule has 2 aromatic rings. The lowest BCUT2D eigenvalue weighted by Crippen LogP contribution is -2.20. The Hall–Kier alpha value is -1.42. The minimum absolute atomic E-state index is 0.00939. The summed E-state index contributed by atoms with van der Waals surface area (Å²) in [5.41, 5.74) is 0.249. The Morgan fingerprint density at radius 3 is 2.47 bits per heavy atom. The van der Waals surface area contributed by atoms with Crippen LogP contribution in [-0.4, -0.2) is 7.05 Å². The third kappa shape index (κ3) is 2.17. The van der Waals surface area contributed by atoms with Gasteiger partial charge >= 0.3 is 0 Å². The number of benzene rings is 1. The molecule has 0 saturated carbocycles. The molecule has 0 bridgehead atoms. The Bertz CT molecular complexity index is 533. The second kappa shape index (κ2) is 4.45. The average molecular weight is 239 g/mol. The lowest BCUT2D eigenvalue weighted by atomic mass is 10.0. The van der Waals surface area contributed by atoms with Crippen LogP contribution >= 0.6 is 0 Å². The quantitative estimate of drug-likeness (QED) is 0.884. The molecule has 17 heavy (non-hydrogen) atoms. The van der Waals surface area contributed by atoms with Crippen molar-refractivity contribution in [1.82, 2.24) is 5.32 Å². The molecule has 0 aliphatic heterocycles. The topological polar surface area (TPSA) is 25.2 Å². The molecule has 0 radical (unpaired) electrons. The predicted molar refractivity (Wildman–Crippen MR) is 62.8 cm³/mol. The first kappa shape index (κ1) is 12.0. The maximum atomic E-state index is 13.5. The van der Waals surface area contributed by atoms with Crippen molar-refractivity contribution in [2.45, 2.75) is 19.9 Å². The van der Waals surface area contributed by atoms with Crippen LogP contribution in [0.15, 0.2) is 22.6 Å². The van der Waals surface area contributed by atoms with E-state index in [1.165, 1.54) is 6.07 Å². The van der Waals surface area contributed by atoms with Crippen molar-refractivity contribution < 1.29 is 13.2 Å². The monoisotopic (exact) mass is 239 g/mol. The fraction of sp³-hybridized carbons (Fsp3) is 0.385. The predicted octanol–water partition coefficient (Wildman–Crippen LogP) is 3.63. The van der Waals surface area contributed by atoms with E-state index in [0.29, 0.717) is 17.1 Å². The van der Waals surface area contributed by atoms with E-state index < -0.39 is 11.6 Å². The fourth-order valence-electron chi connectivity index (χ4n) is 2.04. The van der Waals surface area contributed by atoms with E-state index >= 15 is 0 Å². The van der Waals surface area contributed by atoms with Gasteiger partial charge in [-0.3, -0.25) is 0 Å². The molecule has 0 aliphatic rings. The van der Waals surface area contributed by atoms with Crippen molar-refractivity contribution in [3.8, 4) is 0 Å². The molecule has 0 amide bonds. The summed E-state index contributed by atoms with van der Waals surface area (Å²) in [5, 5.41) is 3.42. The summed E-state index contributed by atoms with van der Waals surface area (Å²) in [7, 11) is 1.81. The Morgan fingerprint density at radius 2 is 1.88 bits per heavy atom. The van der Waals surface area contributed by atoms with Gasteiger partial charge in [0.15, 0.2) is 0 Å². The minimum Gasteiger partial charge on any atom is -0.459 e. The highest BCUT2D eigenvalue weighted by Gasteiger charge is 2.19. The van der Waals surface area contributed by atoms with E-state index in [-0.39, 0.29) is 11.6 Å². The molecule has 1 unspecified atom stereocenters. The zero-order valence-electron chi connectivity index (χ0n) is 10.1. The molecule has 1 aromatic heterocycles. The molecule has 0 saturated heterocycles. The first-order valence-electron chi connectivity index (χ1n) is 5.58. The molecule has 1 N–H and O–H groups in total. The summed E-state index contributed by atoms with van der Waals surface area (Å²) in [6.45, 7) is 4.07. The second-order valence-electron chi connectivity index (χ2n) is 4.46. The largest absolute Gasteiger partial charge is 0.459 e. The number of hydrogen-bond acceptors (Lipinski definition) is 2. The van der Waals surface area contributed by atoms with E-state index in [2.05, 4.69) is 5.32 Å². The number of rotatable bonds is 3. The maximum Gasteiger partial charge on any atom is 0.140 e. The molecule has 0 spiro atoms. The smallest absolute Gasteiger partial charge is 0.140 e. The third-order valence-corrected chi connectivity index (χ3v) is 2.85. The summed E-state index contributed by atoms with van der Waals surface area (Å²) in [5.74, 6) is -0.287. The van der Waals surface area contributed by atoms with Crippen LogP contribution in [0.1, 0.15) is 25.6 Å². The van der Waals surface area contributed by atoms with Crippen LogP contribution in [0.3, 0.4) is 0 Å². The number of nitrogens with one attached hydrogen (secondary N) is 1. The van der Waals surface area contributed by atoms with Crippen LogP contribution in [-0.2, 0) is 0 Å². The lowest BCUT2D eigenvalue weighted by Gasteiger charge is -2.16. The number of halogens is 2. The molecule has 0 aliphatic carbocycles. The molecule has 2 rings (SSSR count). The first-order valence-corrected chi connectivity index (χ1v) is 5.58. The summed E-state index contributed by atoms with van der Waals surface area (Å²) in [6, 6.07) is 3.69. The van der Waals surface area contributed by atoms with Crippen LogP contribution in [0.2, 0.25) is 0 Å². The van der Waals surface area contributed by atoms with Gasteiger partial charge in [-0.15, -0.1) is 0 Å². The van der Waals surface area contributed by atoms with Crippen molar-refractivity contribution in [1.29, 1.82) is 0 Å². The Morgan fingerprint density at radius 1 is 1.18 bits per heavy atom. The SMILES string of the molecule is CNC(c1cc2c(F)cc(F)cc2o1)C(C)C. The van der Waals surface area contributed by atoms with Crippen molar-refractivity contribution in [3.63, 3.8) is 0 Å². The molecule has 1 aromatic carbocycles. The van der Waals surface area contributed by atoms with Gasteiger partial charge in [0.25, 0.3) is 0 Å². The van der Waals surface area contributed by atoms with E-state index in [9.17, 15) is 8.78 Å². The summed E-state index contributed by atoms with van der Waals surface area (Å²) < 4.78 is 32.0. The summed E-state index contributed by atoms with van der Waals surface area (Å²) >= 11 is 0. The van der Waals surface area contributed by atoms with Crippen molar-refractivity contribution >= 4 is 11.0 Å². The van der Waals surface area contributed by atoms with E-state index in [0.717, 1.165) is 6.07 Å². The minimum atomic E-state index is -0.624. The highest BCUT2D eigenvalue weighted by atomic mass is 19.1. The standard InChI is InChI=1S/C13H15F2NO/c1-7(2)13(16-3)12-6-9-10(15)4-8(14)5-11(9)17-12/h4-7,13,16H,1-3H3. The van der Waals surface area contributed by atoms with Crippen LogP contribution in [0.25, 0.3) is 11.0 Å². The average Bonchev–Trinajstić information content (AvgIpc) is 2.61. The van der Waals surface area contributed by atoms with Gasteiger partial charge in [0.05, 0.1) is 11.4 Å². The molecule has 92 valence electrons. The van der Waals surface area contributed by atoms with E-state index in [1.54, 1.807) is 6.07 Å². The molecule has 2 nitrogen and oxygen atoms in total. The van der Waals surface area contributed by atoms with Gasteiger partial charge in [-0.1, -0.05) is 13.8 Å². The number of hydrogen-bond donors (Lipinski definition) is 1. The number of furan rings is 1. The van der Waals surface area contributed by atoms with Crippen molar-refractivity contribution in [3.05, 3.63) is 35.6 Å². The highest BCUT2D eigenvalue weighted by Crippen LogP contribution is 2.29. The zero-order chi connectivity index (χ0) is 12.6. The normalized spacial score (nSPS) is 13.5. The molecular formula is C13H15F2NO. The lowest BCUT2D eigenvalue weighted by molar-refractivity contribution is 0.370. The van der Waals surface area contributed by atoms with Gasteiger partial charge in [-0.25, -0.2) is 8.78 Å². The molecule has 1 heterocycles. The van der Waals surface area contributed by atoms with Gasteiger partial charge in [-0.05, 0) is 19.0 Å². The Labute approximate surface area is 98.6 Å². The Balaban J connectivity index is 2.54. The number of fused-ring (bicyclic) bond motifs is 1. The molecular weight excluding hydrogens is 224 g/mol. The van der Waals surface area contributed by atoms with Gasteiger partial charge < -0.3 is 9.73 Å². The van der Waals surface area contributed by atoms with E-state index in [4.69, 9.17) is 4.42 Å². The van der Waals surface area contributed by atoms with Crippen LogP contribution < -0.4 is 5.32 Å². The van der Waals surface area contributed by atoms with Crippen LogP contribution in [0, 0.1) is 17.6 Å². The fourth-order valence-corrected chi connectivity index (χ4v) is 2.04. The highest BCUT2D eigenvalue weighted by molar-refractivity contribution is 5.78. The van der Waals surface area contributed by atoms with Gasteiger partial charge in [-0.2, -0.15) is 0 Å². The second-order valence-corrected chi connectivity index (χ2v) is 4.46. The molecule has 0 fully saturated rings. The van der Waals surface area contributed by atoms with Gasteiger partial charge in [0.2, 0.25) is 0 Å². The maximum absolute atomic E-state index is 13.5. The molecule has 4 heteroatoms.